The molecule has 0 saturated carbocycles. The Balaban J connectivity index is 4.73. The van der Waals surface area contributed by atoms with E-state index in [4.69, 9.17) is 0 Å². The van der Waals surface area contributed by atoms with Gasteiger partial charge in [0.25, 0.3) is 0 Å². The topological polar surface area (TPSA) is 108 Å². The summed E-state index contributed by atoms with van der Waals surface area (Å²) in [6.45, 7) is 12.0. The predicted molar refractivity (Wildman–Crippen MR) is 251 cm³/mol. The molecule has 9 heteroatoms. The zero-order valence-corrected chi connectivity index (χ0v) is 40.5. The van der Waals surface area contributed by atoms with Gasteiger partial charge in [-0.25, -0.2) is 0 Å². The van der Waals surface area contributed by atoms with E-state index in [0.29, 0.717) is 6.42 Å². The average Bonchev–Trinajstić information content (AvgIpc) is 3.19. The Kier molecular flexibility index (Phi) is 37.3. The molecule has 0 aromatic heterocycles. The molecule has 0 rings (SSSR count). The van der Waals surface area contributed by atoms with Crippen LogP contribution in [0.25, 0.3) is 0 Å². The third kappa shape index (κ3) is 36.2. The molecular weight excluding hydrogens is 735 g/mol. The van der Waals surface area contributed by atoms with Crippen LogP contribution in [0.4, 0.5) is 0 Å². The predicted octanol–water partition coefficient (Wildman–Crippen LogP) is 11.6. The van der Waals surface area contributed by atoms with Gasteiger partial charge < -0.3 is 25.3 Å². The molecule has 0 aromatic carbocycles. The molecule has 9 nitrogen and oxygen atoms in total. The fourth-order valence-corrected chi connectivity index (χ4v) is 7.83. The third-order valence-corrected chi connectivity index (χ3v) is 11.9. The lowest BCUT2D eigenvalue weighted by Gasteiger charge is -2.27. The van der Waals surface area contributed by atoms with Crippen molar-refractivity contribution in [3.63, 3.8) is 0 Å². The summed E-state index contributed by atoms with van der Waals surface area (Å²) in [5.74, 6) is -1.03. The SMILES string of the molecule is CCCCCCCCCCCCCCCCN(CCCCCCCCCCCCCCCC)C(=O)[C@H](C)NC(=O)[C@H](C)NC(=O)[C@H](C)NC(=O)CCCCC[N+](C)(C)C. The highest BCUT2D eigenvalue weighted by molar-refractivity contribution is 5.93. The molecule has 0 spiro atoms. The molecule has 0 bridgehead atoms. The first kappa shape index (κ1) is 56.8. The smallest absolute Gasteiger partial charge is 0.244 e. The first-order valence-corrected chi connectivity index (χ1v) is 25.3. The van der Waals surface area contributed by atoms with Crippen LogP contribution in [-0.4, -0.2) is 91.9 Å². The van der Waals surface area contributed by atoms with Crippen molar-refractivity contribution >= 4 is 23.6 Å². The summed E-state index contributed by atoms with van der Waals surface area (Å²) in [5.41, 5.74) is 0. The van der Waals surface area contributed by atoms with Gasteiger partial charge in [0.05, 0.1) is 27.7 Å². The van der Waals surface area contributed by atoms with Gasteiger partial charge in [-0.2, -0.15) is 0 Å². The van der Waals surface area contributed by atoms with Gasteiger partial charge in [-0.1, -0.05) is 181 Å². The maximum absolute atomic E-state index is 13.7. The van der Waals surface area contributed by atoms with Gasteiger partial charge in [0, 0.05) is 19.5 Å². The summed E-state index contributed by atoms with van der Waals surface area (Å²) < 4.78 is 0.902. The molecule has 0 heterocycles. The summed E-state index contributed by atoms with van der Waals surface area (Å²) in [4.78, 5) is 54.1. The van der Waals surface area contributed by atoms with Crippen molar-refractivity contribution in [3.8, 4) is 0 Å². The number of quaternary nitrogens is 1. The monoisotopic (exact) mass is 835 g/mol. The van der Waals surface area contributed by atoms with Crippen molar-refractivity contribution in [1.82, 2.24) is 20.9 Å². The Labute approximate surface area is 366 Å². The molecule has 0 aliphatic rings. The number of rotatable bonds is 42. The second-order valence-electron chi connectivity index (χ2n) is 19.1. The van der Waals surface area contributed by atoms with Crippen molar-refractivity contribution in [2.75, 3.05) is 40.8 Å². The van der Waals surface area contributed by atoms with Gasteiger partial charge in [-0.3, -0.25) is 19.2 Å². The van der Waals surface area contributed by atoms with Gasteiger partial charge in [-0.05, 0) is 52.9 Å². The maximum Gasteiger partial charge on any atom is 0.244 e. The van der Waals surface area contributed by atoms with E-state index < -0.39 is 29.9 Å². The molecule has 0 unspecified atom stereocenters. The zero-order chi connectivity index (χ0) is 44.0. The lowest BCUT2D eigenvalue weighted by molar-refractivity contribution is -0.870. The highest BCUT2D eigenvalue weighted by atomic mass is 16.2. The zero-order valence-electron chi connectivity index (χ0n) is 40.5. The molecule has 3 atom stereocenters. The first-order valence-electron chi connectivity index (χ1n) is 25.3. The summed E-state index contributed by atoms with van der Waals surface area (Å²) >= 11 is 0. The number of amides is 4. The molecule has 348 valence electrons. The number of nitrogens with one attached hydrogen (secondary N) is 3. The van der Waals surface area contributed by atoms with Crippen LogP contribution >= 0.6 is 0 Å². The molecule has 0 saturated heterocycles. The van der Waals surface area contributed by atoms with Crippen LogP contribution in [0.5, 0.6) is 0 Å². The fraction of sp³-hybridized carbons (Fsp3) is 0.920. The first-order chi connectivity index (χ1) is 28.3. The van der Waals surface area contributed by atoms with Crippen molar-refractivity contribution in [1.29, 1.82) is 0 Å². The fourth-order valence-electron chi connectivity index (χ4n) is 7.83. The summed E-state index contributed by atoms with van der Waals surface area (Å²) in [6.07, 6.45) is 39.6. The second kappa shape index (κ2) is 38.7. The van der Waals surface area contributed by atoms with Crippen molar-refractivity contribution in [2.24, 2.45) is 0 Å². The molecule has 0 aromatic rings. The maximum atomic E-state index is 13.7. The van der Waals surface area contributed by atoms with Crippen LogP contribution in [0.15, 0.2) is 0 Å². The van der Waals surface area contributed by atoms with Crippen molar-refractivity contribution in [2.45, 2.75) is 258 Å². The molecule has 3 N–H and O–H groups in total. The molecule has 4 amide bonds. The van der Waals surface area contributed by atoms with E-state index in [0.717, 1.165) is 69.1 Å². The number of carbonyl (C=O) groups excluding carboxylic acids is 4. The third-order valence-electron chi connectivity index (χ3n) is 11.9. The standard InChI is InChI=1S/C50H99N5O4/c1-9-11-13-15-17-19-21-23-25-27-29-31-33-37-41-54(42-38-34-32-30-28-26-24-22-20-18-16-14-12-10-2)50(59)46(5)53-49(58)45(4)52-48(57)44(3)51-47(56)40-36-35-39-43-55(6,7)8/h44-46H,9-43H2,1-8H3,(H2-,51,52,53,56,57,58)/p+1/t44-,45-,46-/m0/s1. The highest BCUT2D eigenvalue weighted by Gasteiger charge is 2.26. The molecule has 59 heavy (non-hydrogen) atoms. The summed E-state index contributed by atoms with van der Waals surface area (Å²) in [7, 11) is 6.47. The quantitative estimate of drug-likeness (QED) is 0.0420. The van der Waals surface area contributed by atoms with Crippen LogP contribution in [-0.2, 0) is 19.2 Å². The van der Waals surface area contributed by atoms with E-state index in [1.165, 1.54) is 154 Å². The van der Waals surface area contributed by atoms with Crippen LogP contribution in [0, 0.1) is 0 Å². The van der Waals surface area contributed by atoms with Crippen molar-refractivity contribution < 1.29 is 23.7 Å². The van der Waals surface area contributed by atoms with Gasteiger partial charge >= 0.3 is 0 Å². The Morgan fingerprint density at radius 1 is 0.407 bits per heavy atom. The lowest BCUT2D eigenvalue weighted by atomic mass is 10.0. The van der Waals surface area contributed by atoms with Crippen molar-refractivity contribution in [3.05, 3.63) is 0 Å². The number of carbonyl (C=O) groups is 4. The van der Waals surface area contributed by atoms with Gasteiger partial charge in [-0.15, -0.1) is 0 Å². The summed E-state index contributed by atoms with van der Waals surface area (Å²) in [6, 6.07) is -2.28. The average molecular weight is 835 g/mol. The van der Waals surface area contributed by atoms with E-state index >= 15 is 0 Å². The summed E-state index contributed by atoms with van der Waals surface area (Å²) in [5, 5.41) is 8.35. The largest absolute Gasteiger partial charge is 0.345 e. The van der Waals surface area contributed by atoms with Crippen LogP contribution in [0.2, 0.25) is 0 Å². The molecule has 0 radical (unpaired) electrons. The van der Waals surface area contributed by atoms with Gasteiger partial charge in [0.1, 0.15) is 18.1 Å². The highest BCUT2D eigenvalue weighted by Crippen LogP contribution is 2.16. The minimum absolute atomic E-state index is 0.0525. The normalized spacial score (nSPS) is 13.2. The van der Waals surface area contributed by atoms with E-state index in [9.17, 15) is 19.2 Å². The molecular formula is C50H100N5O4+. The van der Waals surface area contributed by atoms with E-state index in [2.05, 4.69) is 50.9 Å². The number of hydrogen-bond acceptors (Lipinski definition) is 4. The van der Waals surface area contributed by atoms with Gasteiger partial charge in [0.15, 0.2) is 0 Å². The number of nitrogens with zero attached hydrogens (tertiary/aromatic N) is 2. The van der Waals surface area contributed by atoms with Crippen LogP contribution in [0.3, 0.4) is 0 Å². The Morgan fingerprint density at radius 3 is 1.07 bits per heavy atom. The number of hydrogen-bond donors (Lipinski definition) is 3. The molecule has 0 aliphatic heterocycles. The second-order valence-corrected chi connectivity index (χ2v) is 19.1. The molecule has 0 fully saturated rings. The minimum atomic E-state index is -0.835. The van der Waals surface area contributed by atoms with E-state index in [-0.39, 0.29) is 11.8 Å². The number of unbranched alkanes of at least 4 members (excludes halogenated alkanes) is 28. The van der Waals surface area contributed by atoms with E-state index in [1.54, 1.807) is 20.8 Å². The minimum Gasteiger partial charge on any atom is -0.345 e. The van der Waals surface area contributed by atoms with Crippen LogP contribution < -0.4 is 16.0 Å². The van der Waals surface area contributed by atoms with Gasteiger partial charge in [0.2, 0.25) is 23.6 Å². The molecule has 0 aliphatic carbocycles. The Bertz CT molecular complexity index is 999. The van der Waals surface area contributed by atoms with Crippen LogP contribution in [0.1, 0.15) is 240 Å². The Hall–Kier alpha value is -2.16. The van der Waals surface area contributed by atoms with E-state index in [1.807, 2.05) is 4.90 Å². The Morgan fingerprint density at radius 2 is 0.712 bits per heavy atom. The lowest BCUT2D eigenvalue weighted by Crippen LogP contribution is -2.55.